The molecule has 0 heterocycles. The molecule has 0 aromatic heterocycles. The first-order valence-electron chi connectivity index (χ1n) is 6.32. The molecule has 0 fully saturated rings. The van der Waals surface area contributed by atoms with Crippen LogP contribution >= 0.6 is 0 Å². The average molecular weight is 272 g/mol. The van der Waals surface area contributed by atoms with Crippen molar-refractivity contribution in [3.05, 3.63) is 54.6 Å². The van der Waals surface area contributed by atoms with Crippen molar-refractivity contribution in [3.8, 4) is 16.9 Å². The first-order valence-corrected chi connectivity index (χ1v) is 6.32. The highest BCUT2D eigenvalue weighted by Gasteiger charge is 2.01. The van der Waals surface area contributed by atoms with Gasteiger partial charge in [-0.1, -0.05) is 42.5 Å². The van der Waals surface area contributed by atoms with Crippen molar-refractivity contribution in [3.63, 3.8) is 0 Å². The number of rotatable bonds is 5. The fourth-order valence-corrected chi connectivity index (χ4v) is 1.65. The summed E-state index contributed by atoms with van der Waals surface area (Å²) in [5.41, 5.74) is 13.5. The van der Waals surface area contributed by atoms with Crippen molar-refractivity contribution in [2.45, 2.75) is 6.04 Å². The second-order valence-electron chi connectivity index (χ2n) is 4.20. The quantitative estimate of drug-likeness (QED) is 0.870. The maximum absolute atomic E-state index is 8.00. The van der Waals surface area contributed by atoms with E-state index in [2.05, 4.69) is 12.1 Å². The van der Waals surface area contributed by atoms with E-state index in [4.69, 9.17) is 21.0 Å². The first kappa shape index (κ1) is 15.9. The minimum atomic E-state index is -0.112. The van der Waals surface area contributed by atoms with E-state index in [1.807, 2.05) is 49.3 Å². The van der Waals surface area contributed by atoms with Gasteiger partial charge in [0.05, 0.1) is 6.04 Å². The van der Waals surface area contributed by atoms with E-state index in [0.717, 1.165) is 5.75 Å². The highest BCUT2D eigenvalue weighted by Crippen LogP contribution is 2.21. The van der Waals surface area contributed by atoms with Crippen LogP contribution in [0.3, 0.4) is 0 Å². The summed E-state index contributed by atoms with van der Waals surface area (Å²) in [6.45, 7) is 2.88. The summed E-state index contributed by atoms with van der Waals surface area (Å²) in [4.78, 5) is 8.00. The Hall–Kier alpha value is -2.17. The van der Waals surface area contributed by atoms with Gasteiger partial charge in [0.2, 0.25) is 0 Å². The summed E-state index contributed by atoms with van der Waals surface area (Å²) in [5, 5.41) is 0. The molecule has 0 saturated heterocycles. The van der Waals surface area contributed by atoms with Crippen LogP contribution in [0.4, 0.5) is 0 Å². The predicted molar refractivity (Wildman–Crippen MR) is 81.5 cm³/mol. The number of carbonyl (C=O) groups is 1. The smallest absolute Gasteiger partial charge is 0.119 e. The molecule has 0 radical (unpaired) electrons. The van der Waals surface area contributed by atoms with Crippen LogP contribution in [-0.4, -0.2) is 26.0 Å². The molecule has 0 bridgehead atoms. The molecular weight excluding hydrogens is 252 g/mol. The predicted octanol–water partition coefficient (Wildman–Crippen LogP) is 1.83. The minimum Gasteiger partial charge on any atom is -0.492 e. The van der Waals surface area contributed by atoms with Crippen LogP contribution < -0.4 is 16.2 Å². The molecule has 20 heavy (non-hydrogen) atoms. The molecule has 0 saturated carbocycles. The van der Waals surface area contributed by atoms with Crippen LogP contribution in [0.2, 0.25) is 0 Å². The Morgan fingerprint density at radius 3 is 2.05 bits per heavy atom. The van der Waals surface area contributed by atoms with Crippen molar-refractivity contribution in [1.82, 2.24) is 0 Å². The van der Waals surface area contributed by atoms with Crippen LogP contribution in [0.1, 0.15) is 0 Å². The maximum atomic E-state index is 8.00. The lowest BCUT2D eigenvalue weighted by atomic mass is 10.1. The molecular formula is C16H20N2O2. The maximum Gasteiger partial charge on any atom is 0.119 e. The van der Waals surface area contributed by atoms with Gasteiger partial charge in [0, 0.05) is 6.54 Å². The summed E-state index contributed by atoms with van der Waals surface area (Å²) in [5.74, 6) is 0.818. The summed E-state index contributed by atoms with van der Waals surface area (Å²) >= 11 is 0. The van der Waals surface area contributed by atoms with E-state index in [0.29, 0.717) is 13.2 Å². The van der Waals surface area contributed by atoms with Gasteiger partial charge in [-0.15, -0.1) is 0 Å². The second kappa shape index (κ2) is 8.85. The standard InChI is InChI=1S/C15H18N2O.CH2O/c16-10-14(17)11-18-15-8-6-13(7-9-15)12-4-2-1-3-5-12;1-2/h1-9,14H,10-11,16-17H2;1H2. The SMILES string of the molecule is C=O.NCC(N)COc1ccc(-c2ccccc2)cc1. The zero-order chi connectivity index (χ0) is 14.8. The van der Waals surface area contributed by atoms with Crippen molar-refractivity contribution in [1.29, 1.82) is 0 Å². The molecule has 106 valence electrons. The largest absolute Gasteiger partial charge is 0.492 e. The molecule has 2 aromatic rings. The van der Waals surface area contributed by atoms with E-state index in [9.17, 15) is 0 Å². The van der Waals surface area contributed by atoms with Gasteiger partial charge >= 0.3 is 0 Å². The number of nitrogens with two attached hydrogens (primary N) is 2. The third kappa shape index (κ3) is 4.84. The molecule has 0 aliphatic carbocycles. The highest BCUT2D eigenvalue weighted by molar-refractivity contribution is 5.63. The molecule has 0 aliphatic heterocycles. The van der Waals surface area contributed by atoms with E-state index in [-0.39, 0.29) is 6.04 Å². The second-order valence-corrected chi connectivity index (χ2v) is 4.20. The Morgan fingerprint density at radius 1 is 0.950 bits per heavy atom. The lowest BCUT2D eigenvalue weighted by molar-refractivity contribution is -0.0979. The van der Waals surface area contributed by atoms with Gasteiger partial charge in [-0.25, -0.2) is 0 Å². The van der Waals surface area contributed by atoms with Gasteiger partial charge in [-0.05, 0) is 23.3 Å². The fraction of sp³-hybridized carbons (Fsp3) is 0.188. The summed E-state index contributed by atoms with van der Waals surface area (Å²) in [6.07, 6.45) is 0. The van der Waals surface area contributed by atoms with Crippen molar-refractivity contribution < 1.29 is 9.53 Å². The Bertz CT molecular complexity index is 486. The number of benzene rings is 2. The molecule has 1 unspecified atom stereocenters. The van der Waals surface area contributed by atoms with Gasteiger partial charge in [0.1, 0.15) is 19.1 Å². The van der Waals surface area contributed by atoms with Crippen molar-refractivity contribution in [2.75, 3.05) is 13.2 Å². The summed E-state index contributed by atoms with van der Waals surface area (Å²) in [7, 11) is 0. The molecule has 0 spiro atoms. The van der Waals surface area contributed by atoms with E-state index >= 15 is 0 Å². The lowest BCUT2D eigenvalue weighted by Crippen LogP contribution is -2.35. The Morgan fingerprint density at radius 2 is 1.50 bits per heavy atom. The number of hydrogen-bond acceptors (Lipinski definition) is 4. The van der Waals surface area contributed by atoms with Gasteiger partial charge in [-0.2, -0.15) is 0 Å². The van der Waals surface area contributed by atoms with Gasteiger partial charge < -0.3 is 21.0 Å². The molecule has 4 nitrogen and oxygen atoms in total. The third-order valence-electron chi connectivity index (χ3n) is 2.73. The molecule has 4 N–H and O–H groups in total. The average Bonchev–Trinajstić information content (AvgIpc) is 2.56. The van der Waals surface area contributed by atoms with E-state index in [1.165, 1.54) is 11.1 Å². The number of hydrogen-bond donors (Lipinski definition) is 2. The van der Waals surface area contributed by atoms with Crippen molar-refractivity contribution >= 4 is 6.79 Å². The van der Waals surface area contributed by atoms with Gasteiger partial charge in [-0.3, -0.25) is 0 Å². The van der Waals surface area contributed by atoms with Crippen LogP contribution in [0.25, 0.3) is 11.1 Å². The topological polar surface area (TPSA) is 78.3 Å². The fourth-order valence-electron chi connectivity index (χ4n) is 1.65. The minimum absolute atomic E-state index is 0.112. The molecule has 0 amide bonds. The van der Waals surface area contributed by atoms with Gasteiger partial charge in [0.25, 0.3) is 0 Å². The molecule has 0 aliphatic rings. The highest BCUT2D eigenvalue weighted by atomic mass is 16.5. The Balaban J connectivity index is 0.000000956. The van der Waals surface area contributed by atoms with Crippen molar-refractivity contribution in [2.24, 2.45) is 11.5 Å². The normalized spacial score (nSPS) is 11.1. The summed E-state index contributed by atoms with van der Waals surface area (Å²) < 4.78 is 5.54. The van der Waals surface area contributed by atoms with E-state index in [1.54, 1.807) is 0 Å². The molecule has 2 rings (SSSR count). The molecule has 1 atom stereocenters. The van der Waals surface area contributed by atoms with Crippen LogP contribution in [0.15, 0.2) is 54.6 Å². The molecule has 4 heteroatoms. The first-order chi connectivity index (χ1) is 9.79. The third-order valence-corrected chi connectivity index (χ3v) is 2.73. The number of ether oxygens (including phenoxy) is 1. The van der Waals surface area contributed by atoms with Crippen LogP contribution in [0, 0.1) is 0 Å². The Kier molecular flexibility index (Phi) is 7.03. The molecule has 2 aromatic carbocycles. The van der Waals surface area contributed by atoms with Crippen LogP contribution in [0.5, 0.6) is 5.75 Å². The zero-order valence-electron chi connectivity index (χ0n) is 11.4. The van der Waals surface area contributed by atoms with Gasteiger partial charge in [0.15, 0.2) is 0 Å². The van der Waals surface area contributed by atoms with Crippen LogP contribution in [-0.2, 0) is 4.79 Å². The van der Waals surface area contributed by atoms with E-state index < -0.39 is 0 Å². The monoisotopic (exact) mass is 272 g/mol. The summed E-state index contributed by atoms with van der Waals surface area (Å²) in [6, 6.07) is 18.1. The Labute approximate surface area is 119 Å². The number of carbonyl (C=O) groups excluding carboxylic acids is 1. The zero-order valence-corrected chi connectivity index (χ0v) is 11.4. The lowest BCUT2D eigenvalue weighted by Gasteiger charge is -2.11.